The van der Waals surface area contributed by atoms with Crippen molar-refractivity contribution in [2.45, 2.75) is 70.4 Å². The number of aromatic nitrogens is 1. The Kier molecular flexibility index (Phi) is 6.38. The van der Waals surface area contributed by atoms with Gasteiger partial charge in [0.15, 0.2) is 0 Å². The Hall–Kier alpha value is -2.36. The number of nitrogens with one attached hydrogen (secondary N) is 1. The number of hydrogen-bond donors (Lipinski definition) is 1. The molecule has 1 N–H and O–H groups in total. The molecule has 1 aliphatic carbocycles. The van der Waals surface area contributed by atoms with Crippen LogP contribution >= 0.6 is 0 Å². The van der Waals surface area contributed by atoms with Crippen molar-refractivity contribution in [1.82, 2.24) is 10.3 Å². The molecule has 0 spiro atoms. The number of anilines is 1. The van der Waals surface area contributed by atoms with Crippen LogP contribution in [0.15, 0.2) is 48.8 Å². The quantitative estimate of drug-likeness (QED) is 0.795. The fourth-order valence-electron chi connectivity index (χ4n) is 3.96. The van der Waals surface area contributed by atoms with Gasteiger partial charge in [0.25, 0.3) is 0 Å². The molecule has 0 aliphatic heterocycles. The molecule has 0 bridgehead atoms. The fraction of sp³-hybridized carbons (Fsp3) is 0.500. The number of hydrogen-bond acceptors (Lipinski definition) is 3. The maximum Gasteiger partial charge on any atom is 0.247 e. The lowest BCUT2D eigenvalue weighted by Gasteiger charge is -2.32. The number of nitrogens with zero attached hydrogens (tertiary/aromatic N) is 2. The number of benzene rings is 1. The highest BCUT2D eigenvalue weighted by molar-refractivity contribution is 5.86. The molecule has 150 valence electrons. The van der Waals surface area contributed by atoms with Crippen molar-refractivity contribution in [2.75, 3.05) is 11.9 Å². The average Bonchev–Trinajstić information content (AvgIpc) is 2.69. The van der Waals surface area contributed by atoms with Crippen LogP contribution in [0.3, 0.4) is 0 Å². The molecule has 0 saturated heterocycles. The molecular formula is C24H33N3O. The smallest absolute Gasteiger partial charge is 0.247 e. The molecule has 1 heterocycles. The number of likely N-dealkylation sites (N-methyl/N-ethyl adjacent to an activating group) is 1. The number of pyridine rings is 1. The lowest BCUT2D eigenvalue weighted by Crippen LogP contribution is -2.44. The van der Waals surface area contributed by atoms with E-state index in [0.29, 0.717) is 0 Å². The summed E-state index contributed by atoms with van der Waals surface area (Å²) in [5, 5.41) is 3.30. The van der Waals surface area contributed by atoms with Crippen LogP contribution in [0.4, 0.5) is 5.69 Å². The van der Waals surface area contributed by atoms with E-state index in [1.165, 1.54) is 24.8 Å². The highest BCUT2D eigenvalue weighted by Crippen LogP contribution is 2.29. The second-order valence-corrected chi connectivity index (χ2v) is 8.94. The van der Waals surface area contributed by atoms with Gasteiger partial charge in [-0.05, 0) is 42.0 Å². The monoisotopic (exact) mass is 379 g/mol. The molecule has 1 unspecified atom stereocenters. The molecule has 1 saturated carbocycles. The lowest BCUT2D eigenvalue weighted by molar-refractivity contribution is -0.123. The Morgan fingerprint density at radius 2 is 1.79 bits per heavy atom. The van der Waals surface area contributed by atoms with E-state index in [9.17, 15) is 4.79 Å². The van der Waals surface area contributed by atoms with Crippen molar-refractivity contribution in [3.05, 3.63) is 59.9 Å². The van der Waals surface area contributed by atoms with Gasteiger partial charge in [-0.1, -0.05) is 58.2 Å². The normalized spacial score (nSPS) is 16.4. The van der Waals surface area contributed by atoms with Crippen molar-refractivity contribution >= 4 is 11.6 Å². The summed E-state index contributed by atoms with van der Waals surface area (Å²) in [5.74, 6) is 0.0577. The summed E-state index contributed by atoms with van der Waals surface area (Å²) in [6.45, 7) is 6.63. The van der Waals surface area contributed by atoms with E-state index in [4.69, 9.17) is 0 Å². The van der Waals surface area contributed by atoms with E-state index in [1.807, 2.05) is 19.2 Å². The molecular weight excluding hydrogens is 346 g/mol. The average molecular weight is 380 g/mol. The highest BCUT2D eigenvalue weighted by Gasteiger charge is 2.28. The Bertz CT molecular complexity index is 759. The summed E-state index contributed by atoms with van der Waals surface area (Å²) in [4.78, 5) is 19.6. The third kappa shape index (κ3) is 4.92. The molecule has 1 aliphatic rings. The van der Waals surface area contributed by atoms with Crippen LogP contribution in [0.2, 0.25) is 0 Å². The van der Waals surface area contributed by atoms with Crippen LogP contribution in [-0.4, -0.2) is 24.0 Å². The van der Waals surface area contributed by atoms with E-state index >= 15 is 0 Å². The highest BCUT2D eigenvalue weighted by atomic mass is 16.2. The maximum absolute atomic E-state index is 13.3. The van der Waals surface area contributed by atoms with Gasteiger partial charge >= 0.3 is 0 Å². The number of carbonyl (C=O) groups is 1. The Morgan fingerprint density at radius 1 is 1.11 bits per heavy atom. The molecule has 1 atom stereocenters. The summed E-state index contributed by atoms with van der Waals surface area (Å²) in [5.41, 5.74) is 3.34. The number of rotatable bonds is 5. The molecule has 3 rings (SSSR count). The third-order valence-electron chi connectivity index (χ3n) is 5.73. The number of carbonyl (C=O) groups excluding carboxylic acids is 1. The Balaban J connectivity index is 1.84. The maximum atomic E-state index is 13.3. The lowest BCUT2D eigenvalue weighted by atomic mass is 9.87. The van der Waals surface area contributed by atoms with Gasteiger partial charge in [0, 0.05) is 36.7 Å². The van der Waals surface area contributed by atoms with E-state index in [1.54, 1.807) is 12.4 Å². The first-order valence-electron chi connectivity index (χ1n) is 10.4. The molecule has 1 aromatic carbocycles. The molecule has 1 fully saturated rings. The van der Waals surface area contributed by atoms with Gasteiger partial charge in [-0.2, -0.15) is 0 Å². The van der Waals surface area contributed by atoms with Gasteiger partial charge in [-0.25, -0.2) is 0 Å². The van der Waals surface area contributed by atoms with Gasteiger partial charge in [0.05, 0.1) is 0 Å². The van der Waals surface area contributed by atoms with Crippen LogP contribution in [0.25, 0.3) is 0 Å². The van der Waals surface area contributed by atoms with Crippen molar-refractivity contribution in [3.8, 4) is 0 Å². The van der Waals surface area contributed by atoms with Gasteiger partial charge in [-0.15, -0.1) is 0 Å². The molecule has 1 aromatic heterocycles. The molecule has 4 heteroatoms. The SMILES string of the molecule is CN(c1ccc(C(C)(C)C)cc1)C(C(=O)NC1CCCCC1)c1cccnc1. The fourth-order valence-corrected chi connectivity index (χ4v) is 3.96. The molecule has 2 aromatic rings. The topological polar surface area (TPSA) is 45.2 Å². The zero-order chi connectivity index (χ0) is 20.1. The summed E-state index contributed by atoms with van der Waals surface area (Å²) < 4.78 is 0. The second-order valence-electron chi connectivity index (χ2n) is 8.94. The Labute approximate surface area is 169 Å². The summed E-state index contributed by atoms with van der Waals surface area (Å²) in [7, 11) is 1.99. The minimum absolute atomic E-state index is 0.0577. The zero-order valence-corrected chi connectivity index (χ0v) is 17.6. The van der Waals surface area contributed by atoms with Crippen LogP contribution in [-0.2, 0) is 10.2 Å². The van der Waals surface area contributed by atoms with Crippen molar-refractivity contribution in [3.63, 3.8) is 0 Å². The van der Waals surface area contributed by atoms with Gasteiger partial charge < -0.3 is 10.2 Å². The van der Waals surface area contributed by atoms with Crippen LogP contribution in [0.1, 0.15) is 70.0 Å². The molecule has 0 radical (unpaired) electrons. The van der Waals surface area contributed by atoms with E-state index in [0.717, 1.165) is 24.1 Å². The van der Waals surface area contributed by atoms with E-state index < -0.39 is 6.04 Å². The van der Waals surface area contributed by atoms with Crippen LogP contribution in [0, 0.1) is 0 Å². The minimum Gasteiger partial charge on any atom is -0.359 e. The van der Waals surface area contributed by atoms with Gasteiger partial charge in [0.1, 0.15) is 6.04 Å². The van der Waals surface area contributed by atoms with E-state index in [-0.39, 0.29) is 17.4 Å². The molecule has 1 amide bonds. The van der Waals surface area contributed by atoms with Gasteiger partial charge in [-0.3, -0.25) is 9.78 Å². The second kappa shape index (κ2) is 8.76. The molecule has 4 nitrogen and oxygen atoms in total. The largest absolute Gasteiger partial charge is 0.359 e. The predicted molar refractivity (Wildman–Crippen MR) is 116 cm³/mol. The van der Waals surface area contributed by atoms with Crippen LogP contribution < -0.4 is 10.2 Å². The molecule has 28 heavy (non-hydrogen) atoms. The van der Waals surface area contributed by atoms with Crippen molar-refractivity contribution in [2.24, 2.45) is 0 Å². The predicted octanol–water partition coefficient (Wildman–Crippen LogP) is 5.01. The summed E-state index contributed by atoms with van der Waals surface area (Å²) in [6, 6.07) is 12.3. The van der Waals surface area contributed by atoms with Crippen molar-refractivity contribution in [1.29, 1.82) is 0 Å². The summed E-state index contributed by atoms with van der Waals surface area (Å²) >= 11 is 0. The zero-order valence-electron chi connectivity index (χ0n) is 17.6. The number of amides is 1. The first-order valence-corrected chi connectivity index (χ1v) is 10.4. The van der Waals surface area contributed by atoms with Crippen LogP contribution in [0.5, 0.6) is 0 Å². The first kappa shape index (κ1) is 20.4. The third-order valence-corrected chi connectivity index (χ3v) is 5.73. The standard InChI is InChI=1S/C24H33N3O/c1-24(2,3)19-12-14-21(15-13-19)27(4)22(18-9-8-16-25-17-18)23(28)26-20-10-6-5-7-11-20/h8-9,12-17,20,22H,5-7,10-11H2,1-4H3,(H,26,28). The summed E-state index contributed by atoms with van der Waals surface area (Å²) in [6.07, 6.45) is 9.38. The minimum atomic E-state index is -0.392. The Morgan fingerprint density at radius 3 is 2.36 bits per heavy atom. The van der Waals surface area contributed by atoms with Gasteiger partial charge in [0.2, 0.25) is 5.91 Å². The van der Waals surface area contributed by atoms with E-state index in [2.05, 4.69) is 60.2 Å². The van der Waals surface area contributed by atoms with Crippen molar-refractivity contribution < 1.29 is 4.79 Å². The first-order chi connectivity index (χ1) is 13.4.